The number of amides is 1. The second-order valence-electron chi connectivity index (χ2n) is 5.09. The molecule has 0 aromatic heterocycles. The lowest BCUT2D eigenvalue weighted by Crippen LogP contribution is -2.37. The summed E-state index contributed by atoms with van der Waals surface area (Å²) in [5, 5.41) is 9.33. The molecule has 0 saturated heterocycles. The zero-order chi connectivity index (χ0) is 13.7. The number of benzene rings is 1. The van der Waals surface area contributed by atoms with Crippen molar-refractivity contribution in [3.63, 3.8) is 0 Å². The van der Waals surface area contributed by atoms with Gasteiger partial charge in [0.25, 0.3) is 0 Å². The fourth-order valence-electron chi connectivity index (χ4n) is 2.27. The van der Waals surface area contributed by atoms with Gasteiger partial charge in [0.05, 0.1) is 6.07 Å². The van der Waals surface area contributed by atoms with Crippen LogP contribution < -0.4 is 0 Å². The van der Waals surface area contributed by atoms with Crippen LogP contribution >= 0.6 is 0 Å². The Kier molecular flexibility index (Phi) is 4.57. The highest BCUT2D eigenvalue weighted by atomic mass is 16.2. The third-order valence-corrected chi connectivity index (χ3v) is 3.53. The Hall–Kier alpha value is -1.82. The molecule has 1 atom stereocenters. The molecule has 19 heavy (non-hydrogen) atoms. The standard InChI is InChI=1S/C16H20N2O/c1-2-3-11-18(14-9-10-14)16(19)15(12-17)13-7-5-4-6-8-13/h4-8,14-15H,2-3,9-11H2,1H3. The molecule has 1 aromatic carbocycles. The summed E-state index contributed by atoms with van der Waals surface area (Å²) in [7, 11) is 0. The Labute approximate surface area is 114 Å². The highest BCUT2D eigenvalue weighted by Crippen LogP contribution is 2.30. The first-order chi connectivity index (χ1) is 9.27. The van der Waals surface area contributed by atoms with Gasteiger partial charge in [-0.3, -0.25) is 4.79 Å². The van der Waals surface area contributed by atoms with Crippen molar-refractivity contribution in [3.05, 3.63) is 35.9 Å². The van der Waals surface area contributed by atoms with Gasteiger partial charge in [0.15, 0.2) is 0 Å². The maximum atomic E-state index is 12.6. The molecule has 3 heteroatoms. The molecule has 0 radical (unpaired) electrons. The van der Waals surface area contributed by atoms with Crippen LogP contribution in [0.2, 0.25) is 0 Å². The minimum Gasteiger partial charge on any atom is -0.338 e. The largest absolute Gasteiger partial charge is 0.338 e. The van der Waals surface area contributed by atoms with E-state index in [0.717, 1.165) is 37.8 Å². The minimum atomic E-state index is -0.654. The molecule has 1 aromatic rings. The van der Waals surface area contributed by atoms with Crippen LogP contribution in [0.15, 0.2) is 30.3 Å². The monoisotopic (exact) mass is 256 g/mol. The van der Waals surface area contributed by atoms with Crippen LogP contribution in [0.25, 0.3) is 0 Å². The highest BCUT2D eigenvalue weighted by Gasteiger charge is 2.35. The van der Waals surface area contributed by atoms with E-state index >= 15 is 0 Å². The molecule has 1 aliphatic carbocycles. The molecule has 0 bridgehead atoms. The molecule has 0 aliphatic heterocycles. The van der Waals surface area contributed by atoms with E-state index in [0.29, 0.717) is 6.04 Å². The van der Waals surface area contributed by atoms with Crippen molar-refractivity contribution in [1.29, 1.82) is 5.26 Å². The Morgan fingerprint density at radius 3 is 2.63 bits per heavy atom. The third kappa shape index (κ3) is 3.35. The lowest BCUT2D eigenvalue weighted by Gasteiger charge is -2.24. The maximum absolute atomic E-state index is 12.6. The quantitative estimate of drug-likeness (QED) is 0.785. The molecule has 1 unspecified atom stereocenters. The van der Waals surface area contributed by atoms with Crippen molar-refractivity contribution < 1.29 is 4.79 Å². The summed E-state index contributed by atoms with van der Waals surface area (Å²) in [5.41, 5.74) is 0.803. The van der Waals surface area contributed by atoms with Crippen LogP contribution in [0.1, 0.15) is 44.1 Å². The topological polar surface area (TPSA) is 44.1 Å². The molecule has 100 valence electrons. The zero-order valence-corrected chi connectivity index (χ0v) is 11.4. The van der Waals surface area contributed by atoms with Crippen molar-refractivity contribution in [2.24, 2.45) is 0 Å². The molecule has 3 nitrogen and oxygen atoms in total. The maximum Gasteiger partial charge on any atom is 0.244 e. The molecular weight excluding hydrogens is 236 g/mol. The van der Waals surface area contributed by atoms with Gasteiger partial charge in [-0.1, -0.05) is 43.7 Å². The molecule has 2 rings (SSSR count). The van der Waals surface area contributed by atoms with Gasteiger partial charge in [0.2, 0.25) is 5.91 Å². The molecule has 0 N–H and O–H groups in total. The lowest BCUT2D eigenvalue weighted by molar-refractivity contribution is -0.132. The first kappa shape index (κ1) is 13.6. The van der Waals surface area contributed by atoms with E-state index in [-0.39, 0.29) is 5.91 Å². The summed E-state index contributed by atoms with van der Waals surface area (Å²) >= 11 is 0. The predicted molar refractivity (Wildman–Crippen MR) is 74.4 cm³/mol. The summed E-state index contributed by atoms with van der Waals surface area (Å²) in [6.45, 7) is 2.90. The first-order valence-electron chi connectivity index (χ1n) is 7.03. The normalized spacial score (nSPS) is 15.6. The van der Waals surface area contributed by atoms with Gasteiger partial charge in [-0.05, 0) is 24.8 Å². The molecule has 1 amide bonds. The molecule has 1 fully saturated rings. The smallest absolute Gasteiger partial charge is 0.244 e. The number of rotatable bonds is 6. The van der Waals surface area contributed by atoms with E-state index in [2.05, 4.69) is 13.0 Å². The number of nitriles is 1. The summed E-state index contributed by atoms with van der Waals surface area (Å²) in [6.07, 6.45) is 4.25. The minimum absolute atomic E-state index is 0.0235. The van der Waals surface area contributed by atoms with Crippen LogP contribution in [-0.2, 0) is 4.79 Å². The predicted octanol–water partition coefficient (Wildman–Crippen LogP) is 3.08. The average Bonchev–Trinajstić information content (AvgIpc) is 3.26. The van der Waals surface area contributed by atoms with Crippen LogP contribution in [0.5, 0.6) is 0 Å². The van der Waals surface area contributed by atoms with Crippen molar-refractivity contribution in [2.45, 2.75) is 44.6 Å². The van der Waals surface area contributed by atoms with Crippen LogP contribution in [0, 0.1) is 11.3 Å². The molecular formula is C16H20N2O. The Morgan fingerprint density at radius 1 is 1.42 bits per heavy atom. The Balaban J connectivity index is 2.13. The van der Waals surface area contributed by atoms with Crippen molar-refractivity contribution in [2.75, 3.05) is 6.54 Å². The van der Waals surface area contributed by atoms with Crippen molar-refractivity contribution in [3.8, 4) is 6.07 Å². The molecule has 0 heterocycles. The van der Waals surface area contributed by atoms with Crippen LogP contribution in [-0.4, -0.2) is 23.4 Å². The van der Waals surface area contributed by atoms with E-state index in [1.54, 1.807) is 0 Å². The summed E-state index contributed by atoms with van der Waals surface area (Å²) < 4.78 is 0. The number of hydrogen-bond acceptors (Lipinski definition) is 2. The first-order valence-corrected chi connectivity index (χ1v) is 7.03. The van der Waals surface area contributed by atoms with Gasteiger partial charge in [0, 0.05) is 12.6 Å². The number of nitrogens with zero attached hydrogens (tertiary/aromatic N) is 2. The van der Waals surface area contributed by atoms with Gasteiger partial charge in [0.1, 0.15) is 5.92 Å². The number of unbranched alkanes of at least 4 members (excludes halogenated alkanes) is 1. The van der Waals surface area contributed by atoms with Crippen molar-refractivity contribution >= 4 is 5.91 Å². The summed E-state index contributed by atoms with van der Waals surface area (Å²) in [5.74, 6) is -0.677. The van der Waals surface area contributed by atoms with E-state index in [4.69, 9.17) is 0 Å². The third-order valence-electron chi connectivity index (χ3n) is 3.53. The Bertz CT molecular complexity index is 459. The molecule has 1 saturated carbocycles. The summed E-state index contributed by atoms with van der Waals surface area (Å²) in [6, 6.07) is 11.9. The fraction of sp³-hybridized carbons (Fsp3) is 0.500. The van der Waals surface area contributed by atoms with E-state index < -0.39 is 5.92 Å². The molecule has 1 aliphatic rings. The highest BCUT2D eigenvalue weighted by molar-refractivity contribution is 5.87. The summed E-state index contributed by atoms with van der Waals surface area (Å²) in [4.78, 5) is 14.5. The van der Waals surface area contributed by atoms with Gasteiger partial charge in [-0.2, -0.15) is 5.26 Å². The number of carbonyl (C=O) groups excluding carboxylic acids is 1. The average molecular weight is 256 g/mol. The zero-order valence-electron chi connectivity index (χ0n) is 11.4. The number of hydrogen-bond donors (Lipinski definition) is 0. The molecule has 0 spiro atoms. The van der Waals surface area contributed by atoms with Crippen LogP contribution in [0.3, 0.4) is 0 Å². The van der Waals surface area contributed by atoms with Gasteiger partial charge < -0.3 is 4.90 Å². The van der Waals surface area contributed by atoms with Gasteiger partial charge in [-0.25, -0.2) is 0 Å². The SMILES string of the molecule is CCCCN(C(=O)C(C#N)c1ccccc1)C1CC1. The van der Waals surface area contributed by atoms with Gasteiger partial charge in [-0.15, -0.1) is 0 Å². The van der Waals surface area contributed by atoms with Crippen LogP contribution in [0.4, 0.5) is 0 Å². The van der Waals surface area contributed by atoms with E-state index in [1.807, 2.05) is 35.2 Å². The fourth-order valence-corrected chi connectivity index (χ4v) is 2.27. The lowest BCUT2D eigenvalue weighted by atomic mass is 9.99. The number of carbonyl (C=O) groups is 1. The van der Waals surface area contributed by atoms with E-state index in [9.17, 15) is 10.1 Å². The van der Waals surface area contributed by atoms with Crippen molar-refractivity contribution in [1.82, 2.24) is 4.90 Å². The second kappa shape index (κ2) is 6.38. The van der Waals surface area contributed by atoms with Gasteiger partial charge >= 0.3 is 0 Å². The second-order valence-corrected chi connectivity index (χ2v) is 5.09. The van der Waals surface area contributed by atoms with E-state index in [1.165, 1.54) is 0 Å². The Morgan fingerprint density at radius 2 is 2.11 bits per heavy atom.